The van der Waals surface area contributed by atoms with E-state index >= 15 is 0 Å². The van der Waals surface area contributed by atoms with Crippen LogP contribution in [0, 0.1) is 5.41 Å². The van der Waals surface area contributed by atoms with Gasteiger partial charge in [0.15, 0.2) is 5.65 Å². The lowest BCUT2D eigenvalue weighted by Crippen LogP contribution is -2.22. The van der Waals surface area contributed by atoms with Crippen molar-refractivity contribution in [3.63, 3.8) is 0 Å². The molecule has 5 nitrogen and oxygen atoms in total. The van der Waals surface area contributed by atoms with Crippen LogP contribution in [0.4, 0.5) is 0 Å². The van der Waals surface area contributed by atoms with Crippen LogP contribution in [0.5, 0.6) is 0 Å². The number of carboxylic acids is 1. The van der Waals surface area contributed by atoms with Gasteiger partial charge in [0.2, 0.25) is 0 Å². The average Bonchev–Trinajstić information content (AvgIpc) is 2.90. The summed E-state index contributed by atoms with van der Waals surface area (Å²) in [6.07, 6.45) is 2.66. The van der Waals surface area contributed by atoms with Crippen LogP contribution in [0.25, 0.3) is 11.2 Å². The van der Waals surface area contributed by atoms with Gasteiger partial charge in [0.1, 0.15) is 16.5 Å². The number of thioether (sulfide) groups is 1. The van der Waals surface area contributed by atoms with Gasteiger partial charge in [-0.3, -0.25) is 4.79 Å². The van der Waals surface area contributed by atoms with E-state index in [1.165, 1.54) is 4.90 Å². The summed E-state index contributed by atoms with van der Waals surface area (Å²) in [5.74, 6) is 0.0106. The number of carboxylic acid groups (broad SMARTS) is 1. The molecule has 2 heterocycles. The van der Waals surface area contributed by atoms with E-state index in [2.05, 4.69) is 29.2 Å². The molecule has 0 aliphatic rings. The fourth-order valence-electron chi connectivity index (χ4n) is 3.14. The fraction of sp³-hybridized carbons (Fsp3) is 0.350. The number of aliphatic carboxylic acids is 1. The lowest BCUT2D eigenvalue weighted by atomic mass is 9.85. The van der Waals surface area contributed by atoms with Gasteiger partial charge >= 0.3 is 5.97 Å². The van der Waals surface area contributed by atoms with Gasteiger partial charge in [-0.2, -0.15) is 0 Å². The van der Waals surface area contributed by atoms with Crippen molar-refractivity contribution in [2.75, 3.05) is 6.26 Å². The first kappa shape index (κ1) is 19.7. The Labute approximate surface area is 167 Å². The van der Waals surface area contributed by atoms with Crippen molar-refractivity contribution in [2.24, 2.45) is 5.41 Å². The maximum Gasteiger partial charge on any atom is 0.303 e. The van der Waals surface area contributed by atoms with Crippen molar-refractivity contribution < 1.29 is 9.90 Å². The molecule has 0 aliphatic heterocycles. The molecule has 0 saturated heterocycles. The lowest BCUT2D eigenvalue weighted by Gasteiger charge is -2.22. The number of halogens is 1. The smallest absolute Gasteiger partial charge is 0.303 e. The van der Waals surface area contributed by atoms with Gasteiger partial charge in [-0.15, -0.1) is 11.8 Å². The van der Waals surface area contributed by atoms with Crippen molar-refractivity contribution in [3.8, 4) is 0 Å². The van der Waals surface area contributed by atoms with Crippen molar-refractivity contribution >= 4 is 40.5 Å². The number of hydrogen-bond donors (Lipinski definition) is 1. The second-order valence-corrected chi connectivity index (χ2v) is 8.62. The molecule has 0 atom stereocenters. The minimum absolute atomic E-state index is 0.0762. The summed E-state index contributed by atoms with van der Waals surface area (Å²) in [4.78, 5) is 21.6. The van der Waals surface area contributed by atoms with Crippen LogP contribution >= 0.6 is 23.4 Å². The Morgan fingerprint density at radius 1 is 1.19 bits per heavy atom. The highest BCUT2D eigenvalue weighted by atomic mass is 35.5. The highest BCUT2D eigenvalue weighted by molar-refractivity contribution is 7.98. The molecule has 0 saturated carbocycles. The van der Waals surface area contributed by atoms with E-state index in [0.717, 1.165) is 22.6 Å². The Kier molecular flexibility index (Phi) is 5.77. The molecule has 0 unspecified atom stereocenters. The van der Waals surface area contributed by atoms with Gasteiger partial charge in [0.25, 0.3) is 0 Å². The molecule has 3 aromatic rings. The number of hydrogen-bond acceptors (Lipinski definition) is 4. The molecule has 27 heavy (non-hydrogen) atoms. The van der Waals surface area contributed by atoms with Crippen LogP contribution in [-0.4, -0.2) is 31.9 Å². The first-order valence-corrected chi connectivity index (χ1v) is 10.2. The third-order valence-electron chi connectivity index (χ3n) is 4.40. The van der Waals surface area contributed by atoms with Crippen molar-refractivity contribution in [2.45, 2.75) is 38.1 Å². The maximum absolute atomic E-state index is 11.2. The summed E-state index contributed by atoms with van der Waals surface area (Å²) in [7, 11) is 0. The van der Waals surface area contributed by atoms with E-state index in [9.17, 15) is 9.90 Å². The van der Waals surface area contributed by atoms with Crippen molar-refractivity contribution in [1.29, 1.82) is 0 Å². The van der Waals surface area contributed by atoms with Crippen molar-refractivity contribution in [1.82, 2.24) is 14.5 Å². The maximum atomic E-state index is 11.2. The summed E-state index contributed by atoms with van der Waals surface area (Å²) >= 11 is 7.81. The van der Waals surface area contributed by atoms with E-state index in [4.69, 9.17) is 16.6 Å². The number of imidazole rings is 1. The predicted molar refractivity (Wildman–Crippen MR) is 110 cm³/mol. The number of pyridine rings is 1. The average molecular weight is 404 g/mol. The van der Waals surface area contributed by atoms with Gasteiger partial charge in [-0.1, -0.05) is 37.6 Å². The van der Waals surface area contributed by atoms with E-state index in [1.807, 2.05) is 30.7 Å². The Morgan fingerprint density at radius 3 is 2.52 bits per heavy atom. The summed E-state index contributed by atoms with van der Waals surface area (Å²) in [5, 5.41) is 9.61. The first-order valence-electron chi connectivity index (χ1n) is 8.64. The fourth-order valence-corrected chi connectivity index (χ4v) is 3.69. The summed E-state index contributed by atoms with van der Waals surface area (Å²) in [5.41, 5.74) is 2.20. The molecule has 142 valence electrons. The number of nitrogens with zero attached hydrogens (tertiary/aromatic N) is 3. The number of benzene rings is 1. The predicted octanol–water partition coefficient (Wildman–Crippen LogP) is 4.90. The molecule has 0 radical (unpaired) electrons. The van der Waals surface area contributed by atoms with E-state index < -0.39 is 11.4 Å². The Morgan fingerprint density at radius 2 is 1.89 bits per heavy atom. The van der Waals surface area contributed by atoms with Crippen LogP contribution < -0.4 is 0 Å². The second-order valence-electron chi connectivity index (χ2n) is 7.35. The molecule has 0 bridgehead atoms. The topological polar surface area (TPSA) is 68.0 Å². The molecule has 2 aromatic heterocycles. The van der Waals surface area contributed by atoms with E-state index in [0.29, 0.717) is 18.1 Å². The van der Waals surface area contributed by atoms with Gasteiger partial charge in [0, 0.05) is 11.3 Å². The molecular weight excluding hydrogens is 382 g/mol. The molecule has 3 rings (SSSR count). The minimum Gasteiger partial charge on any atom is -0.481 e. The largest absolute Gasteiger partial charge is 0.481 e. The molecular formula is C20H22ClN3O2S. The van der Waals surface area contributed by atoms with E-state index in [1.54, 1.807) is 17.8 Å². The SMILES string of the molecule is CSc1ccc(Cn2c(CC(C)(C)CC(=O)O)nc3ccc(Cl)nc32)cc1. The molecule has 1 aromatic carbocycles. The second kappa shape index (κ2) is 7.90. The Bertz CT molecular complexity index is 967. The third-order valence-corrected chi connectivity index (χ3v) is 5.36. The van der Waals surface area contributed by atoms with Gasteiger partial charge in [-0.05, 0) is 41.5 Å². The first-order chi connectivity index (χ1) is 12.8. The quantitative estimate of drug-likeness (QED) is 0.449. The molecule has 7 heteroatoms. The van der Waals surface area contributed by atoms with Crippen LogP contribution in [-0.2, 0) is 17.8 Å². The van der Waals surface area contributed by atoms with Gasteiger partial charge < -0.3 is 9.67 Å². The van der Waals surface area contributed by atoms with Crippen molar-refractivity contribution in [3.05, 3.63) is 52.9 Å². The highest BCUT2D eigenvalue weighted by Gasteiger charge is 2.26. The summed E-state index contributed by atoms with van der Waals surface area (Å²) in [6, 6.07) is 11.9. The number of fused-ring (bicyclic) bond motifs is 1. The highest BCUT2D eigenvalue weighted by Crippen LogP contribution is 2.28. The number of rotatable bonds is 7. The van der Waals surface area contributed by atoms with Gasteiger partial charge in [0.05, 0.1) is 13.0 Å². The standard InChI is InChI=1S/C20H22ClN3O2S/c1-20(2,11-18(25)26)10-17-22-15-8-9-16(21)23-19(15)24(17)12-13-4-6-14(27-3)7-5-13/h4-9H,10-12H2,1-3H3,(H,25,26). The summed E-state index contributed by atoms with van der Waals surface area (Å²) in [6.45, 7) is 4.49. The Balaban J connectivity index is 2.01. The zero-order chi connectivity index (χ0) is 19.6. The summed E-state index contributed by atoms with van der Waals surface area (Å²) < 4.78 is 2.04. The Hall–Kier alpha value is -2.05. The van der Waals surface area contributed by atoms with Gasteiger partial charge in [-0.25, -0.2) is 9.97 Å². The zero-order valence-corrected chi connectivity index (χ0v) is 17.1. The van der Waals surface area contributed by atoms with E-state index in [-0.39, 0.29) is 6.42 Å². The minimum atomic E-state index is -0.809. The number of aromatic nitrogens is 3. The van der Waals surface area contributed by atoms with Crippen LogP contribution in [0.15, 0.2) is 41.3 Å². The molecule has 0 fully saturated rings. The molecule has 1 N–H and O–H groups in total. The third kappa shape index (κ3) is 4.82. The van der Waals surface area contributed by atoms with Crippen LogP contribution in [0.2, 0.25) is 5.15 Å². The van der Waals surface area contributed by atoms with Crippen LogP contribution in [0.3, 0.4) is 0 Å². The lowest BCUT2D eigenvalue weighted by molar-refractivity contribution is -0.139. The molecule has 0 amide bonds. The normalized spacial score (nSPS) is 11.9. The number of carbonyl (C=O) groups is 1. The molecule has 0 aliphatic carbocycles. The van der Waals surface area contributed by atoms with Crippen LogP contribution in [0.1, 0.15) is 31.7 Å². The molecule has 0 spiro atoms. The zero-order valence-electron chi connectivity index (χ0n) is 15.6. The monoisotopic (exact) mass is 403 g/mol.